The van der Waals surface area contributed by atoms with E-state index in [2.05, 4.69) is 5.32 Å². The summed E-state index contributed by atoms with van der Waals surface area (Å²) in [6.07, 6.45) is 0. The van der Waals surface area contributed by atoms with Crippen molar-refractivity contribution in [1.29, 1.82) is 0 Å². The van der Waals surface area contributed by atoms with Gasteiger partial charge in [0.2, 0.25) is 0 Å². The Morgan fingerprint density at radius 3 is 2.18 bits per heavy atom. The molecule has 0 atom stereocenters. The summed E-state index contributed by atoms with van der Waals surface area (Å²) in [7, 11) is 0. The van der Waals surface area contributed by atoms with Gasteiger partial charge in [0.25, 0.3) is 0 Å². The van der Waals surface area contributed by atoms with Crippen LogP contribution >= 0.6 is 0 Å². The van der Waals surface area contributed by atoms with Crippen LogP contribution in [0.3, 0.4) is 0 Å². The molecule has 4 heteroatoms. The van der Waals surface area contributed by atoms with Gasteiger partial charge in [-0.05, 0) is 24.3 Å². The van der Waals surface area contributed by atoms with Crippen molar-refractivity contribution in [3.63, 3.8) is 0 Å². The molecule has 2 rings (SSSR count). The van der Waals surface area contributed by atoms with E-state index in [0.29, 0.717) is 5.69 Å². The Morgan fingerprint density at radius 2 is 1.53 bits per heavy atom. The number of carboxylic acids is 1. The molecule has 2 aromatic carbocycles. The first-order valence-electron chi connectivity index (χ1n) is 4.92. The molecule has 2 aromatic rings. The standard InChI is InChI=1S/C13H11NO2.Hg/c15-13(16)11-8-4-5-9-12(11)14-10-6-2-1-3-7-10;/h1-9,14H,(H,15,16);. The number of carbonyl (C=O) groups is 1. The Hall–Kier alpha value is -1.35. The van der Waals surface area contributed by atoms with E-state index >= 15 is 0 Å². The van der Waals surface area contributed by atoms with Crippen LogP contribution in [-0.2, 0) is 27.7 Å². The zero-order chi connectivity index (χ0) is 11.4. The van der Waals surface area contributed by atoms with Crippen LogP contribution in [0.5, 0.6) is 0 Å². The molecule has 0 aliphatic heterocycles. The summed E-state index contributed by atoms with van der Waals surface area (Å²) in [5.41, 5.74) is 1.74. The molecule has 0 saturated heterocycles. The van der Waals surface area contributed by atoms with Gasteiger partial charge in [-0.15, -0.1) is 0 Å². The van der Waals surface area contributed by atoms with Crippen LogP contribution < -0.4 is 5.32 Å². The molecular formula is C13H11HgNO2. The number of nitrogens with one attached hydrogen (secondary N) is 1. The monoisotopic (exact) mass is 415 g/mol. The van der Waals surface area contributed by atoms with Crippen molar-refractivity contribution < 1.29 is 37.6 Å². The van der Waals surface area contributed by atoms with Crippen molar-refractivity contribution in [1.82, 2.24) is 0 Å². The van der Waals surface area contributed by atoms with Gasteiger partial charge in [0.15, 0.2) is 0 Å². The van der Waals surface area contributed by atoms with E-state index in [0.717, 1.165) is 5.69 Å². The van der Waals surface area contributed by atoms with Gasteiger partial charge in [-0.3, -0.25) is 0 Å². The van der Waals surface area contributed by atoms with Gasteiger partial charge >= 0.3 is 5.97 Å². The molecule has 0 amide bonds. The second kappa shape index (κ2) is 6.40. The van der Waals surface area contributed by atoms with E-state index in [1.165, 1.54) is 0 Å². The molecule has 3 nitrogen and oxygen atoms in total. The van der Waals surface area contributed by atoms with E-state index in [1.54, 1.807) is 24.3 Å². The normalized spacial score (nSPS) is 9.18. The van der Waals surface area contributed by atoms with Crippen molar-refractivity contribution in [2.75, 3.05) is 5.32 Å². The van der Waals surface area contributed by atoms with E-state index in [4.69, 9.17) is 5.11 Å². The fourth-order valence-corrected chi connectivity index (χ4v) is 1.46. The maximum Gasteiger partial charge on any atom is 0.337 e. The van der Waals surface area contributed by atoms with Crippen molar-refractivity contribution in [2.24, 2.45) is 0 Å². The van der Waals surface area contributed by atoms with Crippen LogP contribution in [0.15, 0.2) is 54.6 Å². The van der Waals surface area contributed by atoms with Gasteiger partial charge in [0.05, 0.1) is 11.3 Å². The van der Waals surface area contributed by atoms with E-state index in [-0.39, 0.29) is 33.2 Å². The first-order valence-corrected chi connectivity index (χ1v) is 4.92. The van der Waals surface area contributed by atoms with Gasteiger partial charge in [0, 0.05) is 33.4 Å². The number of benzene rings is 2. The number of carboxylic acid groups (broad SMARTS) is 1. The fraction of sp³-hybridized carbons (Fsp3) is 0. The number of para-hydroxylation sites is 2. The molecular weight excluding hydrogens is 403 g/mol. The van der Waals surface area contributed by atoms with E-state index in [1.807, 2.05) is 30.3 Å². The van der Waals surface area contributed by atoms with Crippen LogP contribution in [-0.4, -0.2) is 11.1 Å². The average Bonchev–Trinajstić information content (AvgIpc) is 2.31. The fourth-order valence-electron chi connectivity index (χ4n) is 1.46. The summed E-state index contributed by atoms with van der Waals surface area (Å²) in [5.74, 6) is -0.931. The second-order valence-corrected chi connectivity index (χ2v) is 3.34. The van der Waals surface area contributed by atoms with Crippen LogP contribution in [0, 0.1) is 0 Å². The molecule has 17 heavy (non-hydrogen) atoms. The minimum absolute atomic E-state index is 0. The number of rotatable bonds is 3. The molecule has 0 heterocycles. The maximum atomic E-state index is 11.0. The van der Waals surface area contributed by atoms with Crippen molar-refractivity contribution >= 4 is 17.3 Å². The molecule has 0 radical (unpaired) electrons. The summed E-state index contributed by atoms with van der Waals surface area (Å²) >= 11 is 0. The summed E-state index contributed by atoms with van der Waals surface area (Å²) in [5, 5.41) is 12.1. The molecule has 82 valence electrons. The minimum atomic E-state index is -0.931. The summed E-state index contributed by atoms with van der Waals surface area (Å²) in [4.78, 5) is 11.0. The Labute approximate surface area is 120 Å². The second-order valence-electron chi connectivity index (χ2n) is 3.34. The van der Waals surface area contributed by atoms with Gasteiger partial charge < -0.3 is 10.4 Å². The van der Waals surface area contributed by atoms with Crippen LogP contribution in [0.2, 0.25) is 0 Å². The van der Waals surface area contributed by atoms with Crippen molar-refractivity contribution in [3.05, 3.63) is 60.2 Å². The van der Waals surface area contributed by atoms with Crippen LogP contribution in [0.4, 0.5) is 11.4 Å². The van der Waals surface area contributed by atoms with Crippen molar-refractivity contribution in [3.8, 4) is 0 Å². The van der Waals surface area contributed by atoms with Gasteiger partial charge in [-0.25, -0.2) is 4.79 Å². The molecule has 0 aliphatic carbocycles. The summed E-state index contributed by atoms with van der Waals surface area (Å²) < 4.78 is 0. The molecule has 0 unspecified atom stereocenters. The minimum Gasteiger partial charge on any atom is -0.478 e. The Morgan fingerprint density at radius 1 is 0.941 bits per heavy atom. The van der Waals surface area contributed by atoms with Gasteiger partial charge in [0.1, 0.15) is 0 Å². The first kappa shape index (κ1) is 13.7. The zero-order valence-electron chi connectivity index (χ0n) is 9.26. The predicted octanol–water partition coefficient (Wildman–Crippen LogP) is 3.13. The largest absolute Gasteiger partial charge is 0.478 e. The SMILES string of the molecule is O=C(O)c1ccccc1Nc1ccccc1.[Hg]. The topological polar surface area (TPSA) is 49.3 Å². The third-order valence-corrected chi connectivity index (χ3v) is 2.21. The predicted molar refractivity (Wildman–Crippen MR) is 63.1 cm³/mol. The van der Waals surface area contributed by atoms with E-state index in [9.17, 15) is 4.79 Å². The molecule has 0 bridgehead atoms. The first-order chi connectivity index (χ1) is 7.77. The quantitative estimate of drug-likeness (QED) is 0.760. The molecule has 0 aromatic heterocycles. The molecule has 0 aliphatic rings. The van der Waals surface area contributed by atoms with Gasteiger partial charge in [-0.1, -0.05) is 30.3 Å². The Balaban J connectivity index is 0.00000144. The Bertz CT molecular complexity index is 500. The number of aromatic carboxylic acids is 1. The third kappa shape index (κ3) is 3.56. The zero-order valence-corrected chi connectivity index (χ0v) is 14.8. The van der Waals surface area contributed by atoms with Crippen molar-refractivity contribution in [2.45, 2.75) is 0 Å². The van der Waals surface area contributed by atoms with Crippen LogP contribution in [0.25, 0.3) is 0 Å². The van der Waals surface area contributed by atoms with E-state index < -0.39 is 5.97 Å². The molecule has 0 saturated carbocycles. The average molecular weight is 414 g/mol. The number of hydrogen-bond acceptors (Lipinski definition) is 2. The maximum absolute atomic E-state index is 11.0. The number of hydrogen-bond donors (Lipinski definition) is 2. The van der Waals surface area contributed by atoms with Crippen LogP contribution in [0.1, 0.15) is 10.4 Å². The van der Waals surface area contributed by atoms with Gasteiger partial charge in [-0.2, -0.15) is 0 Å². The summed E-state index contributed by atoms with van der Waals surface area (Å²) in [6, 6.07) is 16.3. The molecule has 0 fully saturated rings. The Kier molecular flexibility index (Phi) is 5.16. The summed E-state index contributed by atoms with van der Waals surface area (Å²) in [6.45, 7) is 0. The smallest absolute Gasteiger partial charge is 0.337 e. The third-order valence-electron chi connectivity index (χ3n) is 2.21. The molecule has 0 spiro atoms. The molecule has 2 N–H and O–H groups in total. The number of anilines is 2.